The Hall–Kier alpha value is -2.95. The average Bonchev–Trinajstić information content (AvgIpc) is 3.75. The van der Waals surface area contributed by atoms with Crippen LogP contribution in [-0.4, -0.2) is 35.7 Å². The van der Waals surface area contributed by atoms with E-state index in [0.717, 1.165) is 45.0 Å². The largest absolute Gasteiger partial charge is 0.425 e. The van der Waals surface area contributed by atoms with E-state index in [1.165, 1.54) is 5.56 Å². The molecular formula is C34H59N7O3S. The zero-order valence-corrected chi connectivity index (χ0v) is 31.7. The second-order valence-corrected chi connectivity index (χ2v) is 14.8. The third-order valence-electron chi connectivity index (χ3n) is 6.42. The van der Waals surface area contributed by atoms with E-state index in [1.54, 1.807) is 11.3 Å². The molecule has 4 rings (SSSR count). The SMILES string of the molecule is CC(C)c1nnc(C(C)C)o1.CC(C)c1nnc(C(C)C)s1.CC(C)c1noc(C(C)C)n1.Cc1c(C(C)C)noc1C(C)C. The molecule has 0 unspecified atom stereocenters. The third-order valence-corrected chi connectivity index (χ3v) is 7.95. The standard InChI is InChI=1S/C10H17NO.2C8H14N2O.C8H14N2S/c1-6(2)9-8(5)10(7(3)4)12-11-9;1-5(2)7-9-10-8(11-7)6(3)4;1-5(2)7-9-8(6(3)4)11-10-7;1-5(2)7-9-10-8(11-7)6(3)4/h6-7H,1-5H3;3*5-6H,1-4H3. The first kappa shape index (κ1) is 40.1. The monoisotopic (exact) mass is 645 g/mol. The van der Waals surface area contributed by atoms with Crippen LogP contribution in [0.5, 0.6) is 0 Å². The molecule has 4 aromatic rings. The maximum absolute atomic E-state index is 5.38. The Morgan fingerprint density at radius 2 is 0.933 bits per heavy atom. The van der Waals surface area contributed by atoms with Crippen molar-refractivity contribution in [2.75, 3.05) is 0 Å². The van der Waals surface area contributed by atoms with Crippen LogP contribution in [0.25, 0.3) is 0 Å². The molecule has 0 aliphatic heterocycles. The van der Waals surface area contributed by atoms with E-state index in [-0.39, 0.29) is 0 Å². The Bertz CT molecular complexity index is 1150. The first-order valence-corrected chi connectivity index (χ1v) is 17.1. The van der Waals surface area contributed by atoms with Crippen molar-refractivity contribution in [2.45, 2.75) is 165 Å². The molecule has 0 fully saturated rings. The highest BCUT2D eigenvalue weighted by molar-refractivity contribution is 7.11. The highest BCUT2D eigenvalue weighted by atomic mass is 32.1. The summed E-state index contributed by atoms with van der Waals surface area (Å²) in [6.07, 6.45) is 0. The smallest absolute Gasteiger partial charge is 0.229 e. The van der Waals surface area contributed by atoms with Crippen molar-refractivity contribution < 1.29 is 13.5 Å². The lowest BCUT2D eigenvalue weighted by molar-refractivity contribution is 0.359. The van der Waals surface area contributed by atoms with Gasteiger partial charge in [0.25, 0.3) is 0 Å². The second-order valence-electron chi connectivity index (χ2n) is 13.7. The van der Waals surface area contributed by atoms with Crippen LogP contribution in [0.1, 0.15) is 209 Å². The van der Waals surface area contributed by atoms with Gasteiger partial charge in [-0.2, -0.15) is 4.98 Å². The van der Waals surface area contributed by atoms with Gasteiger partial charge in [0.1, 0.15) is 15.8 Å². The van der Waals surface area contributed by atoms with Crippen LogP contribution in [0, 0.1) is 6.92 Å². The Labute approximate surface area is 275 Å². The van der Waals surface area contributed by atoms with Gasteiger partial charge in [0.15, 0.2) is 5.82 Å². The van der Waals surface area contributed by atoms with Gasteiger partial charge in [-0.1, -0.05) is 121 Å². The van der Waals surface area contributed by atoms with Crippen LogP contribution < -0.4 is 0 Å². The molecule has 11 heteroatoms. The molecule has 0 amide bonds. The summed E-state index contributed by atoms with van der Waals surface area (Å²) in [5.74, 6) is 7.28. The van der Waals surface area contributed by atoms with E-state index in [9.17, 15) is 0 Å². The second kappa shape index (κ2) is 18.9. The first-order chi connectivity index (χ1) is 20.9. The van der Waals surface area contributed by atoms with Gasteiger partial charge < -0.3 is 13.5 Å². The fourth-order valence-electron chi connectivity index (χ4n) is 3.58. The summed E-state index contributed by atoms with van der Waals surface area (Å²) in [6, 6.07) is 0. The zero-order chi connectivity index (χ0) is 34.6. The fourth-order valence-corrected chi connectivity index (χ4v) is 4.43. The van der Waals surface area contributed by atoms with Crippen molar-refractivity contribution in [3.05, 3.63) is 50.5 Å². The molecule has 254 valence electrons. The number of hydrogen-bond acceptors (Lipinski definition) is 11. The number of nitrogens with zero attached hydrogens (tertiary/aromatic N) is 7. The Morgan fingerprint density at radius 1 is 0.467 bits per heavy atom. The van der Waals surface area contributed by atoms with Gasteiger partial charge >= 0.3 is 0 Å². The Morgan fingerprint density at radius 3 is 1.16 bits per heavy atom. The van der Waals surface area contributed by atoms with Gasteiger partial charge in [-0.3, -0.25) is 0 Å². The molecule has 0 aliphatic rings. The number of rotatable bonds is 8. The first-order valence-electron chi connectivity index (χ1n) is 16.3. The molecule has 0 saturated carbocycles. The normalized spacial score (nSPS) is 11.5. The molecule has 0 saturated heterocycles. The minimum absolute atomic E-state index is 0.329. The summed E-state index contributed by atoms with van der Waals surface area (Å²) in [7, 11) is 0. The summed E-state index contributed by atoms with van der Waals surface area (Å²) < 4.78 is 15.7. The van der Waals surface area contributed by atoms with Crippen LogP contribution in [0.15, 0.2) is 13.5 Å². The topological polar surface area (TPSA) is 130 Å². The van der Waals surface area contributed by atoms with Crippen LogP contribution in [0.3, 0.4) is 0 Å². The highest BCUT2D eigenvalue weighted by Crippen LogP contribution is 2.26. The van der Waals surface area contributed by atoms with Gasteiger partial charge in [-0.15, -0.1) is 31.7 Å². The van der Waals surface area contributed by atoms with Crippen molar-refractivity contribution in [3.8, 4) is 0 Å². The maximum Gasteiger partial charge on any atom is 0.229 e. The molecule has 4 heterocycles. The zero-order valence-electron chi connectivity index (χ0n) is 30.9. The van der Waals surface area contributed by atoms with E-state index in [4.69, 9.17) is 13.5 Å². The predicted molar refractivity (Wildman–Crippen MR) is 182 cm³/mol. The molecule has 10 nitrogen and oxygen atoms in total. The van der Waals surface area contributed by atoms with Crippen molar-refractivity contribution in [3.63, 3.8) is 0 Å². The summed E-state index contributed by atoms with van der Waals surface area (Å²) in [6.45, 7) is 35.5. The maximum atomic E-state index is 5.38. The molecule has 0 radical (unpaired) electrons. The summed E-state index contributed by atoms with van der Waals surface area (Å²) in [4.78, 5) is 4.23. The lowest BCUT2D eigenvalue weighted by atomic mass is 10.0. The average molecular weight is 646 g/mol. The van der Waals surface area contributed by atoms with E-state index < -0.39 is 0 Å². The van der Waals surface area contributed by atoms with E-state index in [2.05, 4.69) is 112 Å². The molecule has 0 bridgehead atoms. The summed E-state index contributed by atoms with van der Waals surface area (Å²) >= 11 is 1.73. The summed E-state index contributed by atoms with van der Waals surface area (Å²) in [5.41, 5.74) is 2.32. The minimum atomic E-state index is 0.329. The minimum Gasteiger partial charge on any atom is -0.425 e. The van der Waals surface area contributed by atoms with Crippen LogP contribution in [0.2, 0.25) is 0 Å². The summed E-state index contributed by atoms with van der Waals surface area (Å²) in [5, 5.41) is 26.3. The molecule has 0 N–H and O–H groups in total. The van der Waals surface area contributed by atoms with E-state index >= 15 is 0 Å². The van der Waals surface area contributed by atoms with Gasteiger partial charge in [0.2, 0.25) is 17.7 Å². The van der Waals surface area contributed by atoms with Gasteiger partial charge in [-0.25, -0.2) is 0 Å². The van der Waals surface area contributed by atoms with Crippen LogP contribution in [-0.2, 0) is 0 Å². The van der Waals surface area contributed by atoms with Gasteiger partial charge in [0.05, 0.1) is 5.69 Å². The fraction of sp³-hybridized carbons (Fsp3) is 0.735. The van der Waals surface area contributed by atoms with Crippen LogP contribution in [0.4, 0.5) is 0 Å². The Kier molecular flexibility index (Phi) is 16.8. The molecule has 0 atom stereocenters. The Balaban J connectivity index is 0.000000300. The third kappa shape index (κ3) is 13.1. The lowest BCUT2D eigenvalue weighted by Crippen LogP contribution is -1.92. The van der Waals surface area contributed by atoms with Gasteiger partial charge in [-0.05, 0) is 12.8 Å². The highest BCUT2D eigenvalue weighted by Gasteiger charge is 2.16. The van der Waals surface area contributed by atoms with E-state index in [0.29, 0.717) is 47.3 Å². The molecular weight excluding hydrogens is 586 g/mol. The number of hydrogen-bond donors (Lipinski definition) is 0. The molecule has 0 aliphatic carbocycles. The predicted octanol–water partition coefficient (Wildman–Crippen LogP) is 10.6. The van der Waals surface area contributed by atoms with E-state index in [1.807, 2.05) is 41.5 Å². The van der Waals surface area contributed by atoms with Crippen molar-refractivity contribution in [1.82, 2.24) is 35.7 Å². The molecule has 0 aromatic carbocycles. The van der Waals surface area contributed by atoms with Crippen molar-refractivity contribution in [2.24, 2.45) is 0 Å². The van der Waals surface area contributed by atoms with Crippen LogP contribution >= 0.6 is 11.3 Å². The molecule has 0 spiro atoms. The molecule has 4 aromatic heterocycles. The molecule has 45 heavy (non-hydrogen) atoms. The van der Waals surface area contributed by atoms with Crippen molar-refractivity contribution >= 4 is 11.3 Å². The lowest BCUT2D eigenvalue weighted by Gasteiger charge is -2.01. The number of aromatic nitrogens is 7. The van der Waals surface area contributed by atoms with Gasteiger partial charge in [0, 0.05) is 47.0 Å². The van der Waals surface area contributed by atoms with Crippen molar-refractivity contribution in [1.29, 1.82) is 0 Å². The quantitative estimate of drug-likeness (QED) is 0.182.